The molecule has 0 bridgehead atoms. The molecule has 0 saturated heterocycles. The van der Waals surface area contributed by atoms with Crippen molar-refractivity contribution in [3.8, 4) is 17.0 Å². The number of hydrogen-bond donors (Lipinski definition) is 2. The third-order valence-electron chi connectivity index (χ3n) is 5.30. The maximum Gasteiger partial charge on any atom is 0.341 e. The lowest BCUT2D eigenvalue weighted by Gasteiger charge is -2.25. The Labute approximate surface area is 139 Å². The fraction of sp³-hybridized carbons (Fsp3) is 0.368. The summed E-state index contributed by atoms with van der Waals surface area (Å²) in [5, 5.41) is 19.5. The number of aromatic carboxylic acids is 1. The quantitative estimate of drug-likeness (QED) is 0.889. The Morgan fingerprint density at radius 3 is 2.62 bits per heavy atom. The number of phenolic OH excluding ortho intramolecular Hbond substituents is 1. The minimum absolute atomic E-state index is 0.197. The number of aromatic nitrogens is 1. The van der Waals surface area contributed by atoms with E-state index in [2.05, 4.69) is 0 Å². The van der Waals surface area contributed by atoms with E-state index in [0.29, 0.717) is 24.6 Å². The summed E-state index contributed by atoms with van der Waals surface area (Å²) < 4.78 is 1.84. The second-order valence-electron chi connectivity index (χ2n) is 6.73. The average molecular weight is 325 g/mol. The van der Waals surface area contributed by atoms with Gasteiger partial charge in [0.15, 0.2) is 5.43 Å². The molecule has 5 nitrogen and oxygen atoms in total. The third kappa shape index (κ3) is 2.31. The van der Waals surface area contributed by atoms with E-state index in [1.165, 1.54) is 25.1 Å². The molecule has 24 heavy (non-hydrogen) atoms. The van der Waals surface area contributed by atoms with Gasteiger partial charge in [-0.3, -0.25) is 4.79 Å². The summed E-state index contributed by atoms with van der Waals surface area (Å²) >= 11 is 0. The number of hydrogen-bond acceptors (Lipinski definition) is 3. The van der Waals surface area contributed by atoms with Crippen LogP contribution in [-0.4, -0.2) is 20.7 Å². The van der Waals surface area contributed by atoms with Crippen LogP contribution in [-0.2, 0) is 13.0 Å². The zero-order valence-corrected chi connectivity index (χ0v) is 13.3. The molecule has 0 unspecified atom stereocenters. The van der Waals surface area contributed by atoms with Crippen molar-refractivity contribution in [1.29, 1.82) is 0 Å². The Balaban J connectivity index is 1.88. The van der Waals surface area contributed by atoms with Gasteiger partial charge in [-0.05, 0) is 48.4 Å². The Kier molecular flexibility index (Phi) is 3.44. The maximum absolute atomic E-state index is 12.1. The second kappa shape index (κ2) is 5.51. The number of benzene rings is 1. The van der Waals surface area contributed by atoms with E-state index in [4.69, 9.17) is 5.11 Å². The predicted molar refractivity (Wildman–Crippen MR) is 89.7 cm³/mol. The highest BCUT2D eigenvalue weighted by Crippen LogP contribution is 2.42. The lowest BCUT2D eigenvalue weighted by Crippen LogP contribution is -2.22. The zero-order chi connectivity index (χ0) is 16.8. The first-order valence-corrected chi connectivity index (χ1v) is 8.38. The van der Waals surface area contributed by atoms with E-state index in [1.807, 2.05) is 16.7 Å². The Bertz CT molecular complexity index is 891. The van der Waals surface area contributed by atoms with E-state index < -0.39 is 11.4 Å². The lowest BCUT2D eigenvalue weighted by molar-refractivity contribution is 0.0694. The van der Waals surface area contributed by atoms with Crippen molar-refractivity contribution in [2.75, 3.05) is 0 Å². The largest absolute Gasteiger partial charge is 0.508 e. The van der Waals surface area contributed by atoms with Gasteiger partial charge in [-0.25, -0.2) is 4.79 Å². The zero-order valence-electron chi connectivity index (χ0n) is 13.3. The SMILES string of the molecule is O=C(O)c1cn2c(cc1=O)-c1cc(C3CCCC3)c(O)cc1CC2. The molecule has 2 heterocycles. The number of aryl methyl sites for hydroxylation is 2. The molecule has 1 aromatic heterocycles. The molecule has 0 radical (unpaired) electrons. The highest BCUT2D eigenvalue weighted by molar-refractivity contribution is 5.87. The summed E-state index contributed by atoms with van der Waals surface area (Å²) in [7, 11) is 0. The summed E-state index contributed by atoms with van der Waals surface area (Å²) in [6.45, 7) is 0.602. The van der Waals surface area contributed by atoms with Gasteiger partial charge in [-0.15, -0.1) is 0 Å². The molecule has 2 N–H and O–H groups in total. The number of aromatic hydroxyl groups is 1. The molecule has 2 aliphatic rings. The number of fused-ring (bicyclic) bond motifs is 3. The van der Waals surface area contributed by atoms with E-state index >= 15 is 0 Å². The molecule has 0 spiro atoms. The monoisotopic (exact) mass is 325 g/mol. The van der Waals surface area contributed by atoms with Crippen LogP contribution in [0, 0.1) is 0 Å². The molecule has 0 amide bonds. The maximum atomic E-state index is 12.1. The minimum Gasteiger partial charge on any atom is -0.508 e. The number of nitrogens with zero attached hydrogens (tertiary/aromatic N) is 1. The fourth-order valence-corrected chi connectivity index (χ4v) is 4.05. The van der Waals surface area contributed by atoms with Gasteiger partial charge in [0.2, 0.25) is 0 Å². The van der Waals surface area contributed by atoms with Crippen molar-refractivity contribution in [2.45, 2.75) is 44.6 Å². The molecule has 1 fully saturated rings. The van der Waals surface area contributed by atoms with Crippen LogP contribution in [0.5, 0.6) is 5.75 Å². The Hall–Kier alpha value is -2.56. The van der Waals surface area contributed by atoms with E-state index in [1.54, 1.807) is 0 Å². The lowest BCUT2D eigenvalue weighted by atomic mass is 9.89. The molecule has 1 saturated carbocycles. The number of rotatable bonds is 2. The van der Waals surface area contributed by atoms with Gasteiger partial charge in [0.25, 0.3) is 0 Å². The van der Waals surface area contributed by atoms with E-state index in [0.717, 1.165) is 35.2 Å². The van der Waals surface area contributed by atoms with Crippen LogP contribution in [0.15, 0.2) is 29.2 Å². The summed E-state index contributed by atoms with van der Waals surface area (Å²) in [5.74, 6) is -0.479. The second-order valence-corrected chi connectivity index (χ2v) is 6.73. The van der Waals surface area contributed by atoms with Gasteiger partial charge >= 0.3 is 5.97 Å². The van der Waals surface area contributed by atoms with Gasteiger partial charge in [-0.2, -0.15) is 0 Å². The van der Waals surface area contributed by atoms with Gasteiger partial charge < -0.3 is 14.8 Å². The van der Waals surface area contributed by atoms with Crippen molar-refractivity contribution in [1.82, 2.24) is 4.57 Å². The number of phenols is 1. The van der Waals surface area contributed by atoms with Gasteiger partial charge in [0.05, 0.1) is 5.69 Å². The Morgan fingerprint density at radius 1 is 1.17 bits per heavy atom. The summed E-state index contributed by atoms with van der Waals surface area (Å²) in [4.78, 5) is 23.3. The molecule has 5 heteroatoms. The normalized spacial score (nSPS) is 16.7. The highest BCUT2D eigenvalue weighted by Gasteiger charge is 2.25. The molecule has 1 aliphatic carbocycles. The van der Waals surface area contributed by atoms with Crippen LogP contribution in [0.2, 0.25) is 0 Å². The molecule has 4 rings (SSSR count). The van der Waals surface area contributed by atoms with Crippen LogP contribution in [0.25, 0.3) is 11.3 Å². The predicted octanol–water partition coefficient (Wildman–Crippen LogP) is 3.13. The summed E-state index contributed by atoms with van der Waals surface area (Å²) in [5.41, 5.74) is 2.97. The topological polar surface area (TPSA) is 79.5 Å². The molecule has 124 valence electrons. The van der Waals surface area contributed by atoms with Gasteiger partial charge in [-0.1, -0.05) is 12.8 Å². The minimum atomic E-state index is -1.20. The standard InChI is InChI=1S/C19H19NO4/c21-17-7-12-5-6-20-10-15(19(23)24)18(22)9-16(20)13(12)8-14(17)11-3-1-2-4-11/h7-11,21H,1-6H2,(H,23,24). The van der Waals surface area contributed by atoms with Crippen LogP contribution in [0.3, 0.4) is 0 Å². The Morgan fingerprint density at radius 2 is 1.92 bits per heavy atom. The summed E-state index contributed by atoms with van der Waals surface area (Å²) in [6.07, 6.45) is 6.67. The number of carboxylic acids is 1. The first kappa shape index (κ1) is 15.0. The van der Waals surface area contributed by atoms with Crippen molar-refractivity contribution >= 4 is 5.97 Å². The first-order chi connectivity index (χ1) is 11.5. The van der Waals surface area contributed by atoms with Gasteiger partial charge in [0.1, 0.15) is 11.3 Å². The molecular formula is C19H19NO4. The van der Waals surface area contributed by atoms with Crippen molar-refractivity contribution in [2.24, 2.45) is 0 Å². The molecule has 2 aromatic rings. The highest BCUT2D eigenvalue weighted by atomic mass is 16.4. The fourth-order valence-electron chi connectivity index (χ4n) is 4.05. The third-order valence-corrected chi connectivity index (χ3v) is 5.30. The van der Waals surface area contributed by atoms with Crippen LogP contribution in [0.4, 0.5) is 0 Å². The first-order valence-electron chi connectivity index (χ1n) is 8.38. The van der Waals surface area contributed by atoms with Crippen molar-refractivity contribution in [3.63, 3.8) is 0 Å². The van der Waals surface area contributed by atoms with E-state index in [9.17, 15) is 14.7 Å². The van der Waals surface area contributed by atoms with Crippen LogP contribution < -0.4 is 5.43 Å². The van der Waals surface area contributed by atoms with E-state index in [-0.39, 0.29) is 5.56 Å². The number of pyridine rings is 1. The molecule has 1 aromatic carbocycles. The summed E-state index contributed by atoms with van der Waals surface area (Å²) in [6, 6.07) is 5.24. The van der Waals surface area contributed by atoms with Crippen LogP contribution >= 0.6 is 0 Å². The molecular weight excluding hydrogens is 306 g/mol. The smallest absolute Gasteiger partial charge is 0.341 e. The molecule has 1 aliphatic heterocycles. The average Bonchev–Trinajstić information content (AvgIpc) is 3.07. The number of carbonyl (C=O) groups is 1. The number of carboxylic acid groups (broad SMARTS) is 1. The van der Waals surface area contributed by atoms with Crippen molar-refractivity contribution < 1.29 is 15.0 Å². The van der Waals surface area contributed by atoms with Crippen molar-refractivity contribution in [3.05, 3.63) is 51.3 Å². The van der Waals surface area contributed by atoms with Gasteiger partial charge in [0, 0.05) is 24.4 Å². The van der Waals surface area contributed by atoms with Crippen LogP contribution in [0.1, 0.15) is 53.1 Å². The molecule has 0 atom stereocenters.